The third-order valence-corrected chi connectivity index (χ3v) is 2.40. The number of rotatable bonds is 5. The molecule has 0 atom stereocenters. The van der Waals surface area contributed by atoms with Crippen LogP contribution >= 0.6 is 15.9 Å². The lowest BCUT2D eigenvalue weighted by Gasteiger charge is -2.14. The first-order valence-corrected chi connectivity index (χ1v) is 5.34. The number of likely N-dealkylation sites (tertiary alicyclic amines) is 1. The summed E-state index contributed by atoms with van der Waals surface area (Å²) in [5.74, 6) is 0. The Bertz CT molecular complexity index is 141. The van der Waals surface area contributed by atoms with Gasteiger partial charge in [0, 0.05) is 24.1 Å². The van der Waals surface area contributed by atoms with Crippen molar-refractivity contribution < 1.29 is 0 Å². The number of nitrogens with zero attached hydrogens (tertiary/aromatic N) is 1. The topological polar surface area (TPSA) is 15.3 Å². The molecule has 1 rings (SSSR count). The minimum Gasteiger partial charge on any atom is -0.311 e. The van der Waals surface area contributed by atoms with Gasteiger partial charge in [-0.25, -0.2) is 0 Å². The van der Waals surface area contributed by atoms with Crippen LogP contribution < -0.4 is 5.32 Å². The molecule has 1 saturated heterocycles. The van der Waals surface area contributed by atoms with Gasteiger partial charge >= 0.3 is 0 Å². The molecule has 0 amide bonds. The van der Waals surface area contributed by atoms with Crippen molar-refractivity contribution in [2.45, 2.75) is 12.8 Å². The minimum atomic E-state index is 0.883. The van der Waals surface area contributed by atoms with E-state index in [1.807, 2.05) is 0 Å². The second-order valence-electron chi connectivity index (χ2n) is 3.24. The van der Waals surface area contributed by atoms with Crippen LogP contribution in [0.2, 0.25) is 0 Å². The van der Waals surface area contributed by atoms with Gasteiger partial charge in [0.1, 0.15) is 0 Å². The van der Waals surface area contributed by atoms with Gasteiger partial charge < -0.3 is 10.2 Å². The third kappa shape index (κ3) is 4.24. The highest BCUT2D eigenvalue weighted by molar-refractivity contribution is 9.11. The Kier molecular flexibility index (Phi) is 4.88. The van der Waals surface area contributed by atoms with Crippen LogP contribution in [-0.4, -0.2) is 37.6 Å². The van der Waals surface area contributed by atoms with Gasteiger partial charge in [0.25, 0.3) is 0 Å². The van der Waals surface area contributed by atoms with Gasteiger partial charge in [0.05, 0.1) is 0 Å². The molecule has 0 aromatic heterocycles. The zero-order valence-electron chi connectivity index (χ0n) is 7.48. The predicted octanol–water partition coefficient (Wildman–Crippen LogP) is 1.58. The average Bonchev–Trinajstić information content (AvgIpc) is 2.49. The van der Waals surface area contributed by atoms with Gasteiger partial charge in [0.15, 0.2) is 0 Å². The van der Waals surface area contributed by atoms with E-state index in [0.29, 0.717) is 0 Å². The molecule has 0 aromatic carbocycles. The Labute approximate surface area is 83.1 Å². The standard InChI is InChI=1S/C9H17BrN2/c1-9(10)8-11-4-7-12-5-2-3-6-12/h11H,1-8H2. The van der Waals surface area contributed by atoms with Gasteiger partial charge in [0.2, 0.25) is 0 Å². The summed E-state index contributed by atoms with van der Waals surface area (Å²) in [6.45, 7) is 9.48. The van der Waals surface area contributed by atoms with E-state index in [4.69, 9.17) is 0 Å². The molecule has 0 bridgehead atoms. The molecule has 1 fully saturated rings. The maximum Gasteiger partial charge on any atom is 0.0266 e. The fourth-order valence-corrected chi connectivity index (χ4v) is 1.67. The lowest BCUT2D eigenvalue weighted by atomic mass is 10.4. The normalized spacial score (nSPS) is 18.4. The van der Waals surface area contributed by atoms with E-state index >= 15 is 0 Å². The van der Waals surface area contributed by atoms with E-state index in [2.05, 4.69) is 32.7 Å². The monoisotopic (exact) mass is 232 g/mol. The highest BCUT2D eigenvalue weighted by atomic mass is 79.9. The van der Waals surface area contributed by atoms with Gasteiger partial charge in [-0.15, -0.1) is 0 Å². The summed E-state index contributed by atoms with van der Waals surface area (Å²) in [6, 6.07) is 0. The van der Waals surface area contributed by atoms with Crippen LogP contribution in [-0.2, 0) is 0 Å². The Balaban J connectivity index is 1.91. The molecule has 1 aliphatic heterocycles. The summed E-state index contributed by atoms with van der Waals surface area (Å²) in [6.07, 6.45) is 2.76. The number of halogens is 1. The molecule has 0 saturated carbocycles. The number of hydrogen-bond acceptors (Lipinski definition) is 2. The van der Waals surface area contributed by atoms with Crippen LogP contribution in [0.25, 0.3) is 0 Å². The Morgan fingerprint density at radius 3 is 2.67 bits per heavy atom. The first-order valence-electron chi connectivity index (χ1n) is 4.55. The lowest BCUT2D eigenvalue weighted by Crippen LogP contribution is -2.30. The molecule has 0 aromatic rings. The van der Waals surface area contributed by atoms with Crippen molar-refractivity contribution in [2.75, 3.05) is 32.7 Å². The first kappa shape index (κ1) is 10.2. The minimum absolute atomic E-state index is 0.883. The zero-order valence-corrected chi connectivity index (χ0v) is 9.07. The lowest BCUT2D eigenvalue weighted by molar-refractivity contribution is 0.338. The maximum absolute atomic E-state index is 3.77. The van der Waals surface area contributed by atoms with Crippen molar-refractivity contribution >= 4 is 15.9 Å². The van der Waals surface area contributed by atoms with Crippen LogP contribution in [0.5, 0.6) is 0 Å². The van der Waals surface area contributed by atoms with Crippen molar-refractivity contribution in [2.24, 2.45) is 0 Å². The maximum atomic E-state index is 3.77. The molecule has 1 N–H and O–H groups in total. The summed E-state index contributed by atoms with van der Waals surface area (Å²) in [5.41, 5.74) is 0. The molecule has 0 aliphatic carbocycles. The van der Waals surface area contributed by atoms with Crippen molar-refractivity contribution in [1.29, 1.82) is 0 Å². The van der Waals surface area contributed by atoms with E-state index in [0.717, 1.165) is 17.6 Å². The Morgan fingerprint density at radius 1 is 1.42 bits per heavy atom. The Morgan fingerprint density at radius 2 is 2.08 bits per heavy atom. The SMILES string of the molecule is C=C(Br)CNCCN1CCCC1. The fourth-order valence-electron chi connectivity index (χ4n) is 1.47. The van der Waals surface area contributed by atoms with Crippen molar-refractivity contribution in [3.8, 4) is 0 Å². The van der Waals surface area contributed by atoms with E-state index in [1.54, 1.807) is 0 Å². The van der Waals surface area contributed by atoms with E-state index in [-0.39, 0.29) is 0 Å². The average molecular weight is 233 g/mol. The van der Waals surface area contributed by atoms with E-state index in [1.165, 1.54) is 32.5 Å². The predicted molar refractivity (Wildman–Crippen MR) is 56.6 cm³/mol. The largest absolute Gasteiger partial charge is 0.311 e. The second kappa shape index (κ2) is 5.73. The smallest absolute Gasteiger partial charge is 0.0266 e. The third-order valence-electron chi connectivity index (χ3n) is 2.12. The van der Waals surface area contributed by atoms with E-state index < -0.39 is 0 Å². The van der Waals surface area contributed by atoms with Crippen LogP contribution in [0.1, 0.15) is 12.8 Å². The zero-order chi connectivity index (χ0) is 8.81. The van der Waals surface area contributed by atoms with Crippen LogP contribution in [0, 0.1) is 0 Å². The molecule has 3 heteroatoms. The molecule has 0 radical (unpaired) electrons. The van der Waals surface area contributed by atoms with Crippen molar-refractivity contribution in [1.82, 2.24) is 10.2 Å². The van der Waals surface area contributed by atoms with Crippen molar-refractivity contribution in [3.05, 3.63) is 11.1 Å². The molecule has 0 spiro atoms. The van der Waals surface area contributed by atoms with Crippen LogP contribution in [0.15, 0.2) is 11.1 Å². The van der Waals surface area contributed by atoms with Gasteiger partial charge in [-0.2, -0.15) is 0 Å². The second-order valence-corrected chi connectivity index (χ2v) is 4.36. The molecule has 1 aliphatic rings. The number of hydrogen-bond donors (Lipinski definition) is 1. The summed E-state index contributed by atoms with van der Waals surface area (Å²) >= 11 is 3.32. The van der Waals surface area contributed by atoms with Crippen molar-refractivity contribution in [3.63, 3.8) is 0 Å². The molecule has 1 heterocycles. The number of nitrogens with one attached hydrogen (secondary N) is 1. The summed E-state index contributed by atoms with van der Waals surface area (Å²) in [7, 11) is 0. The molecular formula is C9H17BrN2. The van der Waals surface area contributed by atoms with E-state index in [9.17, 15) is 0 Å². The first-order chi connectivity index (χ1) is 5.79. The summed E-state index contributed by atoms with van der Waals surface area (Å²) in [5, 5.41) is 3.32. The van der Waals surface area contributed by atoms with Crippen LogP contribution in [0.4, 0.5) is 0 Å². The summed E-state index contributed by atoms with van der Waals surface area (Å²) in [4.78, 5) is 2.50. The quantitative estimate of drug-likeness (QED) is 0.725. The highest BCUT2D eigenvalue weighted by Crippen LogP contribution is 2.05. The molecule has 2 nitrogen and oxygen atoms in total. The molecular weight excluding hydrogens is 216 g/mol. The summed E-state index contributed by atoms with van der Waals surface area (Å²) < 4.78 is 1.03. The fraction of sp³-hybridized carbons (Fsp3) is 0.778. The van der Waals surface area contributed by atoms with Crippen LogP contribution in [0.3, 0.4) is 0 Å². The molecule has 70 valence electrons. The Hall–Kier alpha value is 0.140. The molecule has 12 heavy (non-hydrogen) atoms. The van der Waals surface area contributed by atoms with Gasteiger partial charge in [-0.05, 0) is 25.9 Å². The molecule has 0 unspecified atom stereocenters. The van der Waals surface area contributed by atoms with Gasteiger partial charge in [-0.1, -0.05) is 22.5 Å². The highest BCUT2D eigenvalue weighted by Gasteiger charge is 2.09. The van der Waals surface area contributed by atoms with Gasteiger partial charge in [-0.3, -0.25) is 0 Å².